The van der Waals surface area contributed by atoms with Crippen LogP contribution in [0.3, 0.4) is 0 Å². The molecule has 0 aliphatic carbocycles. The second-order valence-electron chi connectivity index (χ2n) is 5.42. The monoisotopic (exact) mass is 326 g/mol. The van der Waals surface area contributed by atoms with E-state index in [9.17, 15) is 15.0 Å². The molecule has 1 aliphatic heterocycles. The van der Waals surface area contributed by atoms with Crippen LogP contribution in [0.2, 0.25) is 0 Å². The van der Waals surface area contributed by atoms with Crippen molar-refractivity contribution in [3.8, 4) is 5.75 Å². The van der Waals surface area contributed by atoms with Crippen molar-refractivity contribution < 1.29 is 34.0 Å². The lowest BCUT2D eigenvalue weighted by atomic mass is 9.99. The van der Waals surface area contributed by atoms with E-state index >= 15 is 0 Å². The molecule has 1 fully saturated rings. The van der Waals surface area contributed by atoms with E-state index in [2.05, 4.69) is 0 Å². The van der Waals surface area contributed by atoms with Crippen molar-refractivity contribution in [2.24, 2.45) is 0 Å². The van der Waals surface area contributed by atoms with Crippen molar-refractivity contribution in [3.05, 3.63) is 29.8 Å². The van der Waals surface area contributed by atoms with E-state index in [-0.39, 0.29) is 6.61 Å². The topological polar surface area (TPSA) is 94.5 Å². The summed E-state index contributed by atoms with van der Waals surface area (Å²) in [5.41, 5.74) is 0.889. The molecule has 5 atom stereocenters. The molecule has 7 heteroatoms. The molecule has 7 nitrogen and oxygen atoms in total. The fourth-order valence-electron chi connectivity index (χ4n) is 2.48. The molecule has 1 aromatic carbocycles. The van der Waals surface area contributed by atoms with E-state index in [1.807, 2.05) is 12.1 Å². The van der Waals surface area contributed by atoms with Gasteiger partial charge in [0.2, 0.25) is 0 Å². The number of hydrogen-bond acceptors (Lipinski definition) is 7. The zero-order chi connectivity index (χ0) is 17.0. The fraction of sp³-hybridized carbons (Fsp3) is 0.562. The smallest absolute Gasteiger partial charge is 0.303 e. The summed E-state index contributed by atoms with van der Waals surface area (Å²) in [5, 5.41) is 20.1. The third kappa shape index (κ3) is 4.42. The highest BCUT2D eigenvalue weighted by atomic mass is 16.7. The van der Waals surface area contributed by atoms with E-state index in [0.717, 1.165) is 11.3 Å². The molecular formula is C16H22O7. The number of hydrogen-bond donors (Lipinski definition) is 2. The van der Waals surface area contributed by atoms with E-state index in [1.54, 1.807) is 26.2 Å². The Labute approximate surface area is 134 Å². The molecule has 0 spiro atoms. The van der Waals surface area contributed by atoms with Crippen molar-refractivity contribution in [1.82, 2.24) is 0 Å². The van der Waals surface area contributed by atoms with Crippen LogP contribution in [0.25, 0.3) is 0 Å². The first-order valence-electron chi connectivity index (χ1n) is 7.35. The average Bonchev–Trinajstić information content (AvgIpc) is 2.51. The lowest BCUT2D eigenvalue weighted by Gasteiger charge is -2.40. The summed E-state index contributed by atoms with van der Waals surface area (Å²) in [7, 11) is 1.59. The fourth-order valence-corrected chi connectivity index (χ4v) is 2.48. The zero-order valence-electron chi connectivity index (χ0n) is 13.3. The van der Waals surface area contributed by atoms with E-state index in [4.69, 9.17) is 18.9 Å². The van der Waals surface area contributed by atoms with Crippen molar-refractivity contribution in [2.45, 2.75) is 51.2 Å². The van der Waals surface area contributed by atoms with Crippen LogP contribution in [0.4, 0.5) is 0 Å². The highest BCUT2D eigenvalue weighted by Gasteiger charge is 2.45. The Hall–Kier alpha value is -1.67. The van der Waals surface area contributed by atoms with Crippen LogP contribution in [0.5, 0.6) is 5.75 Å². The van der Waals surface area contributed by atoms with Gasteiger partial charge >= 0.3 is 5.97 Å². The van der Waals surface area contributed by atoms with Crippen molar-refractivity contribution in [1.29, 1.82) is 0 Å². The molecule has 128 valence electrons. The third-order valence-electron chi connectivity index (χ3n) is 3.67. The van der Waals surface area contributed by atoms with Crippen molar-refractivity contribution in [3.63, 3.8) is 0 Å². The number of benzene rings is 1. The molecule has 0 aromatic heterocycles. The molecule has 1 heterocycles. The average molecular weight is 326 g/mol. The lowest BCUT2D eigenvalue weighted by Crippen LogP contribution is -2.58. The van der Waals surface area contributed by atoms with Gasteiger partial charge in [0.25, 0.3) is 0 Å². The maximum Gasteiger partial charge on any atom is 0.303 e. The van der Waals surface area contributed by atoms with E-state index < -0.39 is 36.7 Å². The number of carbonyl (C=O) groups is 1. The van der Waals surface area contributed by atoms with Crippen LogP contribution in [0.15, 0.2) is 24.3 Å². The third-order valence-corrected chi connectivity index (χ3v) is 3.67. The number of rotatable bonds is 5. The molecule has 0 saturated carbocycles. The normalized spacial score (nSPS) is 30.7. The number of esters is 1. The number of methoxy groups -OCH3 is 1. The summed E-state index contributed by atoms with van der Waals surface area (Å²) in [6, 6.07) is 7.30. The molecule has 0 radical (unpaired) electrons. The standard InChI is InChI=1S/C16H22O7/c1-9-14(13(18)15(16(19)22-9)23-10(2)17)21-8-11-4-6-12(20-3)7-5-11/h4-7,9,13-16,18-19H,8H2,1-3H3/t9-,13+,14-,15+,16+/m0/s1. The van der Waals surface area contributed by atoms with Crippen molar-refractivity contribution in [2.75, 3.05) is 7.11 Å². The molecule has 0 bridgehead atoms. The SMILES string of the molecule is COc1ccc(CO[C@@H]2[C@@H](O)[C@@H](OC(C)=O)[C@H](O)O[C@H]2C)cc1. The van der Waals surface area contributed by atoms with Crippen molar-refractivity contribution >= 4 is 5.97 Å². The number of ether oxygens (including phenoxy) is 4. The van der Waals surface area contributed by atoms with Gasteiger partial charge in [-0.25, -0.2) is 0 Å². The highest BCUT2D eigenvalue weighted by molar-refractivity contribution is 5.66. The van der Waals surface area contributed by atoms with Gasteiger partial charge in [-0.05, 0) is 24.6 Å². The minimum atomic E-state index is -1.38. The minimum absolute atomic E-state index is 0.238. The van der Waals surface area contributed by atoms with Gasteiger partial charge in [0, 0.05) is 6.92 Å². The summed E-state index contributed by atoms with van der Waals surface area (Å²) in [5.74, 6) is 0.126. The van der Waals surface area contributed by atoms with Gasteiger partial charge in [0.15, 0.2) is 12.4 Å². The van der Waals surface area contributed by atoms with Crippen LogP contribution in [-0.4, -0.2) is 54.0 Å². The van der Waals surface area contributed by atoms with Crippen LogP contribution in [0, 0.1) is 0 Å². The van der Waals surface area contributed by atoms with E-state index in [1.165, 1.54) is 6.92 Å². The van der Waals surface area contributed by atoms with Crippen LogP contribution in [0.1, 0.15) is 19.4 Å². The van der Waals surface area contributed by atoms with Gasteiger partial charge < -0.3 is 29.2 Å². The Morgan fingerprint density at radius 3 is 2.43 bits per heavy atom. The second-order valence-corrected chi connectivity index (χ2v) is 5.42. The van der Waals surface area contributed by atoms with Crippen LogP contribution in [-0.2, 0) is 25.6 Å². The van der Waals surface area contributed by atoms with Crippen LogP contribution < -0.4 is 4.74 Å². The van der Waals surface area contributed by atoms with E-state index in [0.29, 0.717) is 0 Å². The van der Waals surface area contributed by atoms with Gasteiger partial charge in [0.1, 0.15) is 18.0 Å². The number of aliphatic hydroxyl groups is 2. The van der Waals surface area contributed by atoms with Gasteiger partial charge in [-0.15, -0.1) is 0 Å². The minimum Gasteiger partial charge on any atom is -0.497 e. The summed E-state index contributed by atoms with van der Waals surface area (Å²) < 4.78 is 21.0. The van der Waals surface area contributed by atoms with Crippen LogP contribution >= 0.6 is 0 Å². The Morgan fingerprint density at radius 2 is 1.87 bits per heavy atom. The van der Waals surface area contributed by atoms with Gasteiger partial charge in [-0.3, -0.25) is 4.79 Å². The van der Waals surface area contributed by atoms with Gasteiger partial charge in [-0.1, -0.05) is 12.1 Å². The number of carbonyl (C=O) groups excluding carboxylic acids is 1. The zero-order valence-corrected chi connectivity index (χ0v) is 13.3. The first-order valence-corrected chi connectivity index (χ1v) is 7.35. The lowest BCUT2D eigenvalue weighted by molar-refractivity contribution is -0.291. The molecule has 23 heavy (non-hydrogen) atoms. The molecule has 2 N–H and O–H groups in total. The van der Waals surface area contributed by atoms with Gasteiger partial charge in [0.05, 0.1) is 19.8 Å². The Kier molecular flexibility index (Phi) is 5.95. The Bertz CT molecular complexity index is 516. The highest BCUT2D eigenvalue weighted by Crippen LogP contribution is 2.25. The first-order chi connectivity index (χ1) is 10.9. The Balaban J connectivity index is 2.00. The summed E-state index contributed by atoms with van der Waals surface area (Å²) in [4.78, 5) is 11.1. The molecule has 0 amide bonds. The maximum absolute atomic E-state index is 11.1. The predicted octanol–water partition coefficient (Wildman–Crippen LogP) is 0.610. The largest absolute Gasteiger partial charge is 0.497 e. The molecule has 1 saturated heterocycles. The molecule has 2 rings (SSSR count). The van der Waals surface area contributed by atoms with Gasteiger partial charge in [-0.2, -0.15) is 0 Å². The quantitative estimate of drug-likeness (QED) is 0.766. The summed E-state index contributed by atoms with van der Waals surface area (Å²) in [6.07, 6.45) is -5.03. The molecule has 0 unspecified atom stereocenters. The predicted molar refractivity (Wildman–Crippen MR) is 79.7 cm³/mol. The maximum atomic E-state index is 11.1. The molecule has 1 aromatic rings. The summed E-state index contributed by atoms with van der Waals surface area (Å²) >= 11 is 0. The molecular weight excluding hydrogens is 304 g/mol. The molecule has 1 aliphatic rings. The Morgan fingerprint density at radius 1 is 1.22 bits per heavy atom. The first kappa shape index (κ1) is 17.7. The number of aliphatic hydroxyl groups excluding tert-OH is 2. The second kappa shape index (κ2) is 7.74. The summed E-state index contributed by atoms with van der Waals surface area (Å²) in [6.45, 7) is 3.11.